The fraction of sp³-hybridized carbons (Fsp3) is 0.979. The van der Waals surface area contributed by atoms with Gasteiger partial charge in [0.1, 0.15) is 48.8 Å². The van der Waals surface area contributed by atoms with Crippen molar-refractivity contribution >= 4 is 5.97 Å². The maximum atomic E-state index is 12.3. The number of aliphatic hydroxyl groups excluding tert-OH is 8. The van der Waals surface area contributed by atoms with E-state index in [1.165, 1.54) is 13.8 Å². The van der Waals surface area contributed by atoms with Crippen LogP contribution < -0.4 is 0 Å². The molecular weight excluding hydrogens is 865 g/mol. The molecule has 9 aliphatic rings. The van der Waals surface area contributed by atoms with Crippen molar-refractivity contribution in [2.24, 2.45) is 44.8 Å². The summed E-state index contributed by atoms with van der Waals surface area (Å²) < 4.78 is 50.2. The predicted molar refractivity (Wildman–Crippen MR) is 229 cm³/mol. The fourth-order valence-corrected chi connectivity index (χ4v) is 16.3. The lowest BCUT2D eigenvalue weighted by atomic mass is 9.41. The van der Waals surface area contributed by atoms with Crippen molar-refractivity contribution in [3.05, 3.63) is 0 Å². The second kappa shape index (κ2) is 16.7. The normalized spacial score (nSPS) is 56.7. The van der Waals surface area contributed by atoms with Gasteiger partial charge in [0.05, 0.1) is 54.9 Å². The minimum atomic E-state index is -1.70. The number of carbonyl (C=O) groups is 1. The Kier molecular flexibility index (Phi) is 12.6. The van der Waals surface area contributed by atoms with Crippen LogP contribution in [0.1, 0.15) is 120 Å². The van der Waals surface area contributed by atoms with Crippen LogP contribution in [0.15, 0.2) is 0 Å². The van der Waals surface area contributed by atoms with Gasteiger partial charge in [-0.1, -0.05) is 27.7 Å². The monoisotopic (exact) mass is 943 g/mol. The van der Waals surface area contributed by atoms with Gasteiger partial charge in [-0.15, -0.1) is 0 Å². The van der Waals surface area contributed by atoms with E-state index in [1.807, 2.05) is 0 Å². The summed E-state index contributed by atoms with van der Waals surface area (Å²) in [5.74, 6) is -0.976. The molecule has 18 nitrogen and oxygen atoms in total. The fourth-order valence-electron chi connectivity index (χ4n) is 16.3. The number of hydrogen-bond donors (Lipinski definition) is 9. The van der Waals surface area contributed by atoms with Crippen LogP contribution in [0.5, 0.6) is 0 Å². The van der Waals surface area contributed by atoms with Gasteiger partial charge in [-0.2, -0.15) is 0 Å². The highest BCUT2D eigenvalue weighted by molar-refractivity contribution is 5.66. The standard InChI is InChI=1S/C48H78O18/c1-21-30(52)33(55)35(57)40(61-21)65-36-32(54)26(62-22(2)49)19-60-41(36)64-28-11-13-48-20-47(48)15-14-44(7)37(46(9)12-10-29(66-46)43(5,6)58)23(50)17-45(44,8)27(47)16-25(38(48)42(28,3)4)63-39-34(56)31(53)24(51)18-59-39/h21,23-41,50-58H,10-20H2,1-9H3. The average molecular weight is 943 g/mol. The van der Waals surface area contributed by atoms with Gasteiger partial charge in [0.2, 0.25) is 0 Å². The molecule has 378 valence electrons. The molecular formula is C48H78O18. The van der Waals surface area contributed by atoms with E-state index >= 15 is 0 Å². The molecule has 9 rings (SSSR count). The van der Waals surface area contributed by atoms with E-state index in [1.54, 1.807) is 13.8 Å². The Bertz CT molecular complexity index is 1810. The lowest BCUT2D eigenvalue weighted by Crippen LogP contribution is -2.65. The van der Waals surface area contributed by atoms with E-state index in [9.17, 15) is 50.8 Å². The summed E-state index contributed by atoms with van der Waals surface area (Å²) in [6.45, 7) is 16.8. The second-order valence-corrected chi connectivity index (χ2v) is 24.0. The molecule has 4 saturated heterocycles. The number of aliphatic hydroxyl groups is 9. The lowest BCUT2D eigenvalue weighted by molar-refractivity contribution is -0.366. The molecule has 25 atom stereocenters. The van der Waals surface area contributed by atoms with Gasteiger partial charge >= 0.3 is 5.97 Å². The van der Waals surface area contributed by atoms with Crippen molar-refractivity contribution in [1.29, 1.82) is 0 Å². The zero-order chi connectivity index (χ0) is 48.1. The molecule has 0 aromatic rings. The Hall–Kier alpha value is -1.17. The van der Waals surface area contributed by atoms with Crippen molar-refractivity contribution in [3.63, 3.8) is 0 Å². The molecule has 9 N–H and O–H groups in total. The first-order valence-electron chi connectivity index (χ1n) is 24.5. The maximum Gasteiger partial charge on any atom is 0.303 e. The zero-order valence-electron chi connectivity index (χ0n) is 40.0. The molecule has 9 fully saturated rings. The molecule has 5 saturated carbocycles. The van der Waals surface area contributed by atoms with Gasteiger partial charge in [0.15, 0.2) is 25.0 Å². The number of esters is 1. The second-order valence-electron chi connectivity index (χ2n) is 24.0. The van der Waals surface area contributed by atoms with E-state index < -0.39 is 121 Å². The molecule has 0 bridgehead atoms. The summed E-state index contributed by atoms with van der Waals surface area (Å²) in [5.41, 5.74) is -3.47. The third-order valence-electron chi connectivity index (χ3n) is 19.6. The minimum Gasteiger partial charge on any atom is -0.457 e. The Morgan fingerprint density at radius 2 is 1.35 bits per heavy atom. The molecule has 66 heavy (non-hydrogen) atoms. The van der Waals surface area contributed by atoms with E-state index in [0.29, 0.717) is 25.7 Å². The smallest absolute Gasteiger partial charge is 0.303 e. The Balaban J connectivity index is 1.03. The lowest BCUT2D eigenvalue weighted by Gasteiger charge is -2.65. The van der Waals surface area contributed by atoms with Crippen LogP contribution in [0.4, 0.5) is 0 Å². The van der Waals surface area contributed by atoms with Crippen LogP contribution in [0, 0.1) is 44.8 Å². The number of fused-ring (bicyclic) bond motifs is 2. The first kappa shape index (κ1) is 49.8. The Morgan fingerprint density at radius 3 is 2.02 bits per heavy atom. The number of ether oxygens (including phenoxy) is 8. The maximum absolute atomic E-state index is 12.3. The summed E-state index contributed by atoms with van der Waals surface area (Å²) >= 11 is 0. The highest BCUT2D eigenvalue weighted by Crippen LogP contribution is 2.89. The quantitative estimate of drug-likeness (QED) is 0.114. The highest BCUT2D eigenvalue weighted by Gasteiger charge is 2.85. The van der Waals surface area contributed by atoms with E-state index in [2.05, 4.69) is 34.6 Å². The first-order valence-corrected chi connectivity index (χ1v) is 24.5. The zero-order valence-corrected chi connectivity index (χ0v) is 40.0. The number of hydrogen-bond acceptors (Lipinski definition) is 18. The Morgan fingerprint density at radius 1 is 0.667 bits per heavy atom. The van der Waals surface area contributed by atoms with E-state index in [4.69, 9.17) is 37.9 Å². The molecule has 2 spiro atoms. The van der Waals surface area contributed by atoms with Crippen molar-refractivity contribution in [3.8, 4) is 0 Å². The van der Waals surface area contributed by atoms with Crippen LogP contribution in [0.2, 0.25) is 0 Å². The van der Waals surface area contributed by atoms with Crippen LogP contribution in [0.3, 0.4) is 0 Å². The molecule has 0 radical (unpaired) electrons. The van der Waals surface area contributed by atoms with Crippen molar-refractivity contribution < 1.29 is 88.6 Å². The van der Waals surface area contributed by atoms with Gasteiger partial charge < -0.3 is 83.9 Å². The summed E-state index contributed by atoms with van der Waals surface area (Å²) in [6.07, 6.45) is -13.6. The molecule has 4 aliphatic heterocycles. The summed E-state index contributed by atoms with van der Waals surface area (Å²) in [5, 5.41) is 99.5. The van der Waals surface area contributed by atoms with Crippen molar-refractivity contribution in [1.82, 2.24) is 0 Å². The summed E-state index contributed by atoms with van der Waals surface area (Å²) in [7, 11) is 0. The van der Waals surface area contributed by atoms with Gasteiger partial charge in [-0.3, -0.25) is 4.79 Å². The van der Waals surface area contributed by atoms with Crippen molar-refractivity contribution in [2.45, 2.75) is 236 Å². The molecule has 25 unspecified atom stereocenters. The third-order valence-corrected chi connectivity index (χ3v) is 19.6. The van der Waals surface area contributed by atoms with Gasteiger partial charge in [0.25, 0.3) is 0 Å². The molecule has 4 heterocycles. The van der Waals surface area contributed by atoms with Crippen LogP contribution in [-0.2, 0) is 42.7 Å². The molecule has 18 heteroatoms. The van der Waals surface area contributed by atoms with Crippen LogP contribution in [-0.4, -0.2) is 181 Å². The molecule has 0 aromatic carbocycles. The largest absolute Gasteiger partial charge is 0.457 e. The van der Waals surface area contributed by atoms with Gasteiger partial charge in [-0.05, 0) is 124 Å². The Labute approximate surface area is 387 Å². The molecule has 5 aliphatic carbocycles. The predicted octanol–water partition coefficient (Wildman–Crippen LogP) is 0.786. The van der Waals surface area contributed by atoms with E-state index in [0.717, 1.165) is 32.1 Å². The molecule has 0 amide bonds. The van der Waals surface area contributed by atoms with Crippen LogP contribution in [0.25, 0.3) is 0 Å². The third kappa shape index (κ3) is 7.43. The first-order chi connectivity index (χ1) is 30.7. The minimum absolute atomic E-state index is 0.0789. The van der Waals surface area contributed by atoms with Crippen molar-refractivity contribution in [2.75, 3.05) is 13.2 Å². The summed E-state index contributed by atoms with van der Waals surface area (Å²) in [6, 6.07) is 0. The SMILES string of the molecule is CC(=O)OC1COC(OC2CCC34CC35CCC3(C)C(C6(C)CCC(C(C)(C)O)O6)C(O)CC3(C)C5CC(OC3OCC(O)C(O)C3O)C4C2(C)C)C(OC2OC(C)C(O)C(O)C2O)C1O. The summed E-state index contributed by atoms with van der Waals surface area (Å²) in [4.78, 5) is 12.1. The average Bonchev–Trinajstić information content (AvgIpc) is 3.59. The van der Waals surface area contributed by atoms with Crippen LogP contribution >= 0.6 is 0 Å². The number of carbonyl (C=O) groups excluding carboxylic acids is 1. The highest BCUT2D eigenvalue weighted by atomic mass is 16.8. The van der Waals surface area contributed by atoms with Gasteiger partial charge in [0, 0.05) is 12.8 Å². The topological polar surface area (TPSA) is 273 Å². The molecule has 0 aromatic heterocycles. The van der Waals surface area contributed by atoms with Gasteiger partial charge in [-0.25, -0.2) is 0 Å². The number of rotatable bonds is 9. The van der Waals surface area contributed by atoms with E-state index in [-0.39, 0.29) is 58.7 Å².